The molecule has 1 aliphatic heterocycles. The highest BCUT2D eigenvalue weighted by Crippen LogP contribution is 2.32. The topological polar surface area (TPSA) is 49.4 Å². The fraction of sp³-hybridized carbons (Fsp3) is 0.261. The van der Waals surface area contributed by atoms with Crippen LogP contribution >= 0.6 is 24.0 Å². The highest BCUT2D eigenvalue weighted by molar-refractivity contribution is 8.26. The smallest absolute Gasteiger partial charge is 0.266 e. The first kappa shape index (κ1) is 21.3. The molecule has 0 bridgehead atoms. The van der Waals surface area contributed by atoms with Crippen molar-refractivity contribution in [2.75, 3.05) is 11.9 Å². The van der Waals surface area contributed by atoms with E-state index < -0.39 is 0 Å². The average molecular weight is 425 g/mol. The Bertz CT molecular complexity index is 987. The van der Waals surface area contributed by atoms with Gasteiger partial charge in [-0.2, -0.15) is 0 Å². The number of rotatable bonds is 5. The van der Waals surface area contributed by atoms with E-state index in [9.17, 15) is 9.59 Å². The number of hydrogen-bond acceptors (Lipinski definition) is 4. The zero-order valence-corrected chi connectivity index (χ0v) is 18.7. The van der Waals surface area contributed by atoms with Crippen molar-refractivity contribution in [3.63, 3.8) is 0 Å². The van der Waals surface area contributed by atoms with Gasteiger partial charge in [-0.05, 0) is 50.5 Å². The molecule has 1 fully saturated rings. The highest BCUT2D eigenvalue weighted by Gasteiger charge is 2.32. The zero-order chi connectivity index (χ0) is 21.1. The lowest BCUT2D eigenvalue weighted by Crippen LogP contribution is -2.31. The number of aryl methyl sites for hydroxylation is 4. The third-order valence-corrected chi connectivity index (χ3v) is 6.13. The number of nitrogens with one attached hydrogen (secondary N) is 1. The van der Waals surface area contributed by atoms with Crippen molar-refractivity contribution in [1.82, 2.24) is 4.90 Å². The minimum absolute atomic E-state index is 0.128. The summed E-state index contributed by atoms with van der Waals surface area (Å²) in [5.74, 6) is -0.271. The van der Waals surface area contributed by atoms with Gasteiger partial charge >= 0.3 is 0 Å². The summed E-state index contributed by atoms with van der Waals surface area (Å²) in [5, 5.41) is 2.97. The lowest BCUT2D eigenvalue weighted by atomic mass is 10.1. The predicted octanol–water partition coefficient (Wildman–Crippen LogP) is 5.15. The van der Waals surface area contributed by atoms with Crippen molar-refractivity contribution in [1.29, 1.82) is 0 Å². The molecule has 2 amide bonds. The second-order valence-corrected chi connectivity index (χ2v) is 8.99. The second kappa shape index (κ2) is 8.93. The first-order chi connectivity index (χ1) is 13.7. The van der Waals surface area contributed by atoms with Gasteiger partial charge in [-0.15, -0.1) is 0 Å². The first-order valence-corrected chi connectivity index (χ1v) is 10.7. The average Bonchev–Trinajstić information content (AvgIpc) is 2.91. The van der Waals surface area contributed by atoms with Gasteiger partial charge in [-0.3, -0.25) is 14.5 Å². The number of carbonyl (C=O) groups excluding carboxylic acids is 2. The summed E-state index contributed by atoms with van der Waals surface area (Å²) >= 11 is 6.64. The molecule has 0 spiro atoms. The number of thioether (sulfide) groups is 1. The SMILES string of the molecule is Cc1ccc(/C=C2\SC(=S)N(CCC(=O)Nc3c(C)cc(C)cc3C)C2=O)cc1. The van der Waals surface area contributed by atoms with Crippen LogP contribution in [0.25, 0.3) is 6.08 Å². The van der Waals surface area contributed by atoms with Crippen LogP contribution in [-0.2, 0) is 9.59 Å². The lowest BCUT2D eigenvalue weighted by molar-refractivity contribution is -0.122. The van der Waals surface area contributed by atoms with Gasteiger partial charge in [-0.1, -0.05) is 71.5 Å². The van der Waals surface area contributed by atoms with Gasteiger partial charge in [-0.25, -0.2) is 0 Å². The summed E-state index contributed by atoms with van der Waals surface area (Å²) in [4.78, 5) is 27.3. The number of amides is 2. The van der Waals surface area contributed by atoms with Crippen LogP contribution in [-0.4, -0.2) is 27.6 Å². The van der Waals surface area contributed by atoms with Crippen molar-refractivity contribution in [3.05, 3.63) is 69.1 Å². The van der Waals surface area contributed by atoms with Crippen molar-refractivity contribution in [3.8, 4) is 0 Å². The van der Waals surface area contributed by atoms with E-state index in [1.165, 1.54) is 22.2 Å². The van der Waals surface area contributed by atoms with Crippen LogP contribution in [0.4, 0.5) is 5.69 Å². The van der Waals surface area contributed by atoms with Gasteiger partial charge in [0.25, 0.3) is 5.91 Å². The summed E-state index contributed by atoms with van der Waals surface area (Å²) in [6.45, 7) is 8.28. The van der Waals surface area contributed by atoms with Crippen molar-refractivity contribution >= 4 is 51.9 Å². The molecule has 0 unspecified atom stereocenters. The summed E-state index contributed by atoms with van der Waals surface area (Å²) in [6.07, 6.45) is 2.04. The number of benzene rings is 2. The van der Waals surface area contributed by atoms with Crippen molar-refractivity contribution < 1.29 is 9.59 Å². The minimum Gasteiger partial charge on any atom is -0.326 e. The molecule has 4 nitrogen and oxygen atoms in total. The van der Waals surface area contributed by atoms with E-state index in [4.69, 9.17) is 12.2 Å². The van der Waals surface area contributed by atoms with Gasteiger partial charge in [0.05, 0.1) is 4.91 Å². The molecule has 2 aromatic carbocycles. The summed E-state index contributed by atoms with van der Waals surface area (Å²) in [7, 11) is 0. The molecule has 1 N–H and O–H groups in total. The standard InChI is InChI=1S/C23H24N2O2S2/c1-14-5-7-18(8-6-14)13-19-22(27)25(23(28)29-19)10-9-20(26)24-21-16(3)11-15(2)12-17(21)4/h5-8,11-13H,9-10H2,1-4H3,(H,24,26)/b19-13-. The molecule has 0 aliphatic carbocycles. The quantitative estimate of drug-likeness (QED) is 0.533. The van der Waals surface area contributed by atoms with Gasteiger partial charge in [0.1, 0.15) is 4.32 Å². The molecule has 29 heavy (non-hydrogen) atoms. The van der Waals surface area contributed by atoms with E-state index >= 15 is 0 Å². The molecular weight excluding hydrogens is 400 g/mol. The predicted molar refractivity (Wildman–Crippen MR) is 125 cm³/mol. The number of carbonyl (C=O) groups is 2. The Hall–Kier alpha value is -2.44. The first-order valence-electron chi connectivity index (χ1n) is 9.44. The molecule has 1 aliphatic rings. The maximum Gasteiger partial charge on any atom is 0.266 e. The summed E-state index contributed by atoms with van der Waals surface area (Å²) in [6, 6.07) is 12.0. The molecule has 150 valence electrons. The third kappa shape index (κ3) is 5.14. The van der Waals surface area contributed by atoms with E-state index in [-0.39, 0.29) is 24.8 Å². The molecule has 0 saturated carbocycles. The van der Waals surface area contributed by atoms with Gasteiger partial charge in [0, 0.05) is 18.7 Å². The van der Waals surface area contributed by atoms with Crippen LogP contribution in [0, 0.1) is 27.7 Å². The molecule has 2 aromatic rings. The van der Waals surface area contributed by atoms with E-state index in [1.807, 2.05) is 70.2 Å². The van der Waals surface area contributed by atoms with Crippen LogP contribution < -0.4 is 5.32 Å². The molecule has 0 radical (unpaired) electrons. The Morgan fingerprint density at radius 3 is 2.31 bits per heavy atom. The summed E-state index contributed by atoms with van der Waals surface area (Å²) in [5.41, 5.74) is 6.19. The molecule has 1 saturated heterocycles. The molecule has 0 aromatic heterocycles. The Labute approximate surface area is 181 Å². The molecule has 3 rings (SSSR count). The Morgan fingerprint density at radius 2 is 1.69 bits per heavy atom. The Morgan fingerprint density at radius 1 is 1.07 bits per heavy atom. The van der Waals surface area contributed by atoms with E-state index in [0.717, 1.165) is 27.9 Å². The maximum atomic E-state index is 12.7. The van der Waals surface area contributed by atoms with Crippen molar-refractivity contribution in [2.24, 2.45) is 0 Å². The normalized spacial score (nSPS) is 15.3. The number of anilines is 1. The van der Waals surface area contributed by atoms with E-state index in [0.29, 0.717) is 9.23 Å². The lowest BCUT2D eigenvalue weighted by Gasteiger charge is -2.16. The third-order valence-electron chi connectivity index (χ3n) is 4.75. The van der Waals surface area contributed by atoms with Gasteiger partial charge < -0.3 is 5.32 Å². The van der Waals surface area contributed by atoms with E-state index in [2.05, 4.69) is 5.32 Å². The van der Waals surface area contributed by atoms with Crippen molar-refractivity contribution in [2.45, 2.75) is 34.1 Å². The van der Waals surface area contributed by atoms with Crippen LogP contribution in [0.5, 0.6) is 0 Å². The number of hydrogen-bond donors (Lipinski definition) is 1. The minimum atomic E-state index is -0.143. The molecular formula is C23H24N2O2S2. The van der Waals surface area contributed by atoms with Crippen LogP contribution in [0.3, 0.4) is 0 Å². The number of thiocarbonyl (C=S) groups is 1. The van der Waals surface area contributed by atoms with E-state index in [1.54, 1.807) is 0 Å². The largest absolute Gasteiger partial charge is 0.326 e. The van der Waals surface area contributed by atoms with Crippen LogP contribution in [0.2, 0.25) is 0 Å². The summed E-state index contributed by atoms with van der Waals surface area (Å²) < 4.78 is 0.490. The maximum absolute atomic E-state index is 12.7. The number of nitrogens with zero attached hydrogens (tertiary/aromatic N) is 1. The Kier molecular flexibility index (Phi) is 6.55. The highest BCUT2D eigenvalue weighted by atomic mass is 32.2. The molecule has 6 heteroatoms. The monoisotopic (exact) mass is 424 g/mol. The fourth-order valence-corrected chi connectivity index (χ4v) is 4.61. The fourth-order valence-electron chi connectivity index (χ4n) is 3.30. The van der Waals surface area contributed by atoms with Crippen LogP contribution in [0.15, 0.2) is 41.3 Å². The van der Waals surface area contributed by atoms with Crippen LogP contribution in [0.1, 0.15) is 34.2 Å². The Balaban J connectivity index is 1.63. The molecule has 0 atom stereocenters. The second-order valence-electron chi connectivity index (χ2n) is 7.32. The van der Waals surface area contributed by atoms with Gasteiger partial charge in [0.2, 0.25) is 5.91 Å². The zero-order valence-electron chi connectivity index (χ0n) is 17.0. The molecule has 1 heterocycles. The van der Waals surface area contributed by atoms with Gasteiger partial charge in [0.15, 0.2) is 0 Å².